The summed E-state index contributed by atoms with van der Waals surface area (Å²) in [6.07, 6.45) is 1.72. The van der Waals surface area contributed by atoms with E-state index in [-0.39, 0.29) is 17.6 Å². The van der Waals surface area contributed by atoms with Crippen LogP contribution in [0.25, 0.3) is 0 Å². The molecule has 3 N–H and O–H groups in total. The van der Waals surface area contributed by atoms with Crippen molar-refractivity contribution in [1.29, 1.82) is 0 Å². The Labute approximate surface area is 122 Å². The van der Waals surface area contributed by atoms with Crippen LogP contribution in [0.4, 0.5) is 5.69 Å². The maximum Gasteiger partial charge on any atom is 0.335 e. The fourth-order valence-corrected chi connectivity index (χ4v) is 2.29. The van der Waals surface area contributed by atoms with Gasteiger partial charge in [-0.05, 0) is 52.4 Å². The van der Waals surface area contributed by atoms with Crippen molar-refractivity contribution in [2.24, 2.45) is 5.41 Å². The molecule has 0 aliphatic carbocycles. The Morgan fingerprint density at radius 1 is 1.42 bits per heavy atom. The van der Waals surface area contributed by atoms with Crippen molar-refractivity contribution in [2.75, 3.05) is 18.5 Å². The third-order valence-corrected chi connectivity index (χ3v) is 3.64. The summed E-state index contributed by atoms with van der Waals surface area (Å²) < 4.78 is 0.741. The molecule has 5 heteroatoms. The quantitative estimate of drug-likeness (QED) is 0.717. The molecule has 0 saturated heterocycles. The summed E-state index contributed by atoms with van der Waals surface area (Å²) in [6, 6.07) is 4.93. The van der Waals surface area contributed by atoms with Gasteiger partial charge in [-0.1, -0.05) is 13.8 Å². The van der Waals surface area contributed by atoms with Gasteiger partial charge in [0.25, 0.3) is 0 Å². The number of hydrogen-bond donors (Lipinski definition) is 3. The van der Waals surface area contributed by atoms with Crippen LogP contribution in [0.2, 0.25) is 0 Å². The molecule has 0 bridgehead atoms. The first-order chi connectivity index (χ1) is 8.85. The van der Waals surface area contributed by atoms with Crippen LogP contribution in [0.1, 0.15) is 37.0 Å². The van der Waals surface area contributed by atoms with E-state index in [0.29, 0.717) is 0 Å². The van der Waals surface area contributed by atoms with Gasteiger partial charge in [0, 0.05) is 23.3 Å². The average molecular weight is 330 g/mol. The first-order valence-corrected chi connectivity index (χ1v) is 7.02. The number of aliphatic hydroxyl groups is 1. The molecule has 0 fully saturated rings. The number of hydrogen-bond acceptors (Lipinski definition) is 3. The molecule has 106 valence electrons. The van der Waals surface area contributed by atoms with Gasteiger partial charge in [0.1, 0.15) is 0 Å². The van der Waals surface area contributed by atoms with Gasteiger partial charge in [-0.15, -0.1) is 0 Å². The van der Waals surface area contributed by atoms with E-state index < -0.39 is 5.97 Å². The zero-order valence-corrected chi connectivity index (χ0v) is 12.8. The summed E-state index contributed by atoms with van der Waals surface area (Å²) in [5, 5.41) is 21.1. The van der Waals surface area contributed by atoms with Crippen LogP contribution in [0.15, 0.2) is 22.7 Å². The van der Waals surface area contributed by atoms with Gasteiger partial charge in [0.2, 0.25) is 0 Å². The molecular weight excluding hydrogens is 310 g/mol. The summed E-state index contributed by atoms with van der Waals surface area (Å²) >= 11 is 3.37. The minimum Gasteiger partial charge on any atom is -0.478 e. The van der Waals surface area contributed by atoms with E-state index in [1.165, 1.54) is 0 Å². The van der Waals surface area contributed by atoms with E-state index in [4.69, 9.17) is 10.2 Å². The molecule has 0 amide bonds. The van der Waals surface area contributed by atoms with Crippen LogP contribution in [0.5, 0.6) is 0 Å². The predicted molar refractivity (Wildman–Crippen MR) is 79.7 cm³/mol. The highest BCUT2D eigenvalue weighted by atomic mass is 79.9. The van der Waals surface area contributed by atoms with Crippen molar-refractivity contribution in [3.8, 4) is 0 Å². The highest BCUT2D eigenvalue weighted by Crippen LogP contribution is 2.27. The Balaban J connectivity index is 2.65. The summed E-state index contributed by atoms with van der Waals surface area (Å²) in [5.41, 5.74) is 1.22. The second kappa shape index (κ2) is 6.91. The maximum atomic E-state index is 10.8. The number of nitrogens with one attached hydrogen (secondary N) is 1. The zero-order valence-electron chi connectivity index (χ0n) is 11.2. The number of anilines is 1. The number of benzene rings is 1. The molecule has 0 aromatic heterocycles. The lowest BCUT2D eigenvalue weighted by atomic mass is 9.88. The first kappa shape index (κ1) is 16.0. The SMILES string of the molecule is CC(C)(CCCO)CNc1ccc(C(=O)O)cc1Br. The van der Waals surface area contributed by atoms with Crippen LogP contribution >= 0.6 is 15.9 Å². The van der Waals surface area contributed by atoms with Crippen molar-refractivity contribution >= 4 is 27.6 Å². The summed E-state index contributed by atoms with van der Waals surface area (Å²) in [7, 11) is 0. The van der Waals surface area contributed by atoms with Crippen LogP contribution < -0.4 is 5.32 Å². The summed E-state index contributed by atoms with van der Waals surface area (Å²) in [5.74, 6) is -0.935. The number of carboxylic acid groups (broad SMARTS) is 1. The number of carbonyl (C=O) groups is 1. The van der Waals surface area contributed by atoms with E-state index in [0.717, 1.165) is 29.5 Å². The molecule has 0 saturated carbocycles. The van der Waals surface area contributed by atoms with E-state index in [9.17, 15) is 4.79 Å². The van der Waals surface area contributed by atoms with Gasteiger partial charge in [0.05, 0.1) is 5.56 Å². The van der Waals surface area contributed by atoms with Crippen molar-refractivity contribution in [3.05, 3.63) is 28.2 Å². The smallest absolute Gasteiger partial charge is 0.335 e. The van der Waals surface area contributed by atoms with Gasteiger partial charge >= 0.3 is 5.97 Å². The highest BCUT2D eigenvalue weighted by molar-refractivity contribution is 9.10. The van der Waals surface area contributed by atoms with Crippen molar-refractivity contribution < 1.29 is 15.0 Å². The van der Waals surface area contributed by atoms with E-state index in [1.807, 2.05) is 0 Å². The lowest BCUT2D eigenvalue weighted by molar-refractivity contribution is 0.0697. The first-order valence-electron chi connectivity index (χ1n) is 6.23. The minimum absolute atomic E-state index is 0.0770. The Hall–Kier alpha value is -1.07. The Kier molecular flexibility index (Phi) is 5.82. The number of aromatic carboxylic acids is 1. The molecule has 1 aromatic carbocycles. The van der Waals surface area contributed by atoms with Gasteiger partial charge in [-0.25, -0.2) is 4.79 Å². The van der Waals surface area contributed by atoms with E-state index in [1.54, 1.807) is 18.2 Å². The molecule has 1 aromatic rings. The molecular formula is C14H20BrNO3. The maximum absolute atomic E-state index is 10.8. The number of carboxylic acids is 1. The lowest BCUT2D eigenvalue weighted by Gasteiger charge is -2.25. The minimum atomic E-state index is -0.935. The molecule has 0 heterocycles. The molecule has 0 spiro atoms. The molecule has 0 atom stereocenters. The van der Waals surface area contributed by atoms with Gasteiger partial charge < -0.3 is 15.5 Å². The molecule has 0 radical (unpaired) electrons. The second-order valence-electron chi connectivity index (χ2n) is 5.34. The summed E-state index contributed by atoms with van der Waals surface area (Å²) in [4.78, 5) is 10.8. The largest absolute Gasteiger partial charge is 0.478 e. The standard InChI is InChI=1S/C14H20BrNO3/c1-14(2,6-3-7-17)9-16-12-5-4-10(13(18)19)8-11(12)15/h4-5,8,16-17H,3,6-7,9H2,1-2H3,(H,18,19). The predicted octanol–water partition coefficient (Wildman–Crippen LogP) is 3.36. The van der Waals surface area contributed by atoms with Gasteiger partial charge in [0.15, 0.2) is 0 Å². The Morgan fingerprint density at radius 2 is 2.11 bits per heavy atom. The Bertz CT molecular complexity index is 446. The third kappa shape index (κ3) is 5.20. The zero-order chi connectivity index (χ0) is 14.5. The topological polar surface area (TPSA) is 69.6 Å². The molecule has 0 unspecified atom stereocenters. The van der Waals surface area contributed by atoms with Gasteiger partial charge in [-0.3, -0.25) is 0 Å². The van der Waals surface area contributed by atoms with Gasteiger partial charge in [-0.2, -0.15) is 0 Å². The summed E-state index contributed by atoms with van der Waals surface area (Å²) in [6.45, 7) is 5.24. The molecule has 1 rings (SSSR count). The highest BCUT2D eigenvalue weighted by Gasteiger charge is 2.17. The number of aliphatic hydroxyl groups excluding tert-OH is 1. The molecule has 4 nitrogen and oxygen atoms in total. The number of halogens is 1. The number of rotatable bonds is 7. The molecule has 0 aliphatic rings. The average Bonchev–Trinajstić information content (AvgIpc) is 2.35. The van der Waals surface area contributed by atoms with Crippen molar-refractivity contribution in [3.63, 3.8) is 0 Å². The molecule has 19 heavy (non-hydrogen) atoms. The fourth-order valence-electron chi connectivity index (χ4n) is 1.77. The van der Waals surface area contributed by atoms with Crippen molar-refractivity contribution in [1.82, 2.24) is 0 Å². The van der Waals surface area contributed by atoms with Crippen molar-refractivity contribution in [2.45, 2.75) is 26.7 Å². The van der Waals surface area contributed by atoms with Crippen LogP contribution in [-0.2, 0) is 0 Å². The van der Waals surface area contributed by atoms with Crippen LogP contribution in [-0.4, -0.2) is 29.3 Å². The fraction of sp³-hybridized carbons (Fsp3) is 0.500. The lowest BCUT2D eigenvalue weighted by Crippen LogP contribution is -2.23. The molecule has 0 aliphatic heterocycles. The second-order valence-corrected chi connectivity index (χ2v) is 6.20. The van der Waals surface area contributed by atoms with E-state index >= 15 is 0 Å². The van der Waals surface area contributed by atoms with E-state index in [2.05, 4.69) is 35.1 Å². The monoisotopic (exact) mass is 329 g/mol. The Morgan fingerprint density at radius 3 is 2.63 bits per heavy atom. The van der Waals surface area contributed by atoms with Crippen LogP contribution in [0.3, 0.4) is 0 Å². The normalized spacial score (nSPS) is 11.4. The third-order valence-electron chi connectivity index (χ3n) is 2.99. The van der Waals surface area contributed by atoms with Crippen LogP contribution in [0, 0.1) is 5.41 Å².